The van der Waals surface area contributed by atoms with Crippen molar-refractivity contribution in [2.24, 2.45) is 0 Å². The minimum Gasteiger partial charge on any atom is -1.00 e. The molecule has 0 aliphatic rings. The molecule has 12 N–H and O–H groups in total. The summed E-state index contributed by atoms with van der Waals surface area (Å²) in [4.78, 5) is 0. The molecule has 0 fully saturated rings. The Labute approximate surface area is 67.3 Å². The van der Waals surface area contributed by atoms with Crippen molar-refractivity contribution >= 4 is 19.8 Å². The summed E-state index contributed by atoms with van der Waals surface area (Å²) in [6, 6.07) is 0. The van der Waals surface area contributed by atoms with Crippen LogP contribution in [0.3, 0.4) is 0 Å². The van der Waals surface area contributed by atoms with Crippen LogP contribution in [0.5, 0.6) is 0 Å². The van der Waals surface area contributed by atoms with E-state index >= 15 is 0 Å². The molecule has 0 atom stereocenters. The maximum atomic E-state index is 0. The van der Waals surface area contributed by atoms with Gasteiger partial charge in [0.2, 0.25) is 0 Å². The zero-order chi connectivity index (χ0) is 0. The summed E-state index contributed by atoms with van der Waals surface area (Å²) >= 11 is 0. The first-order valence-corrected chi connectivity index (χ1v) is 0. The Morgan fingerprint density at radius 2 is 0.300 bits per heavy atom. The van der Waals surface area contributed by atoms with E-state index in [0.29, 0.717) is 0 Å². The van der Waals surface area contributed by atoms with Crippen LogP contribution in [0.4, 0.5) is 0 Å². The fourth-order valence-electron chi connectivity index (χ4n) is 0. The second-order valence-corrected chi connectivity index (χ2v) is 0. The SMILES string of the molecule is [F-].[F-].[F-].[F-].[F-].[F-].[Ga+3].[NH4+].[NH4+].[NH4+]. The van der Waals surface area contributed by atoms with E-state index in [2.05, 4.69) is 0 Å². The van der Waals surface area contributed by atoms with E-state index in [1.165, 1.54) is 0 Å². The van der Waals surface area contributed by atoms with Crippen molar-refractivity contribution in [2.75, 3.05) is 0 Å². The second-order valence-electron chi connectivity index (χ2n) is 0. The Kier molecular flexibility index (Phi) is 578000000. The van der Waals surface area contributed by atoms with Crippen LogP contribution in [0.25, 0.3) is 0 Å². The Morgan fingerprint density at radius 3 is 0.300 bits per heavy atom. The van der Waals surface area contributed by atoms with Crippen molar-refractivity contribution in [2.45, 2.75) is 0 Å². The first-order valence-electron chi connectivity index (χ1n) is 0. The van der Waals surface area contributed by atoms with Crippen molar-refractivity contribution in [1.29, 1.82) is 0 Å². The van der Waals surface area contributed by atoms with Crippen LogP contribution in [0.15, 0.2) is 0 Å². The van der Waals surface area contributed by atoms with Gasteiger partial charge in [-0.2, -0.15) is 0 Å². The molecule has 0 unspecified atom stereocenters. The van der Waals surface area contributed by atoms with E-state index in [0.717, 1.165) is 0 Å². The fourth-order valence-corrected chi connectivity index (χ4v) is 0. The van der Waals surface area contributed by atoms with Gasteiger partial charge in [-0.25, -0.2) is 0 Å². The van der Waals surface area contributed by atoms with Gasteiger partial charge in [-0.15, -0.1) is 0 Å². The molecule has 0 spiro atoms. The van der Waals surface area contributed by atoms with Crippen LogP contribution in [-0.2, 0) is 0 Å². The van der Waals surface area contributed by atoms with Crippen molar-refractivity contribution in [3.05, 3.63) is 0 Å². The van der Waals surface area contributed by atoms with E-state index in [4.69, 9.17) is 0 Å². The number of hydrogen-bond donors (Lipinski definition) is 3. The van der Waals surface area contributed by atoms with Crippen LogP contribution in [-0.4, -0.2) is 19.8 Å². The van der Waals surface area contributed by atoms with E-state index in [1.807, 2.05) is 0 Å². The van der Waals surface area contributed by atoms with Gasteiger partial charge in [-0.1, -0.05) is 0 Å². The normalized spacial score (nSPS) is 0. The maximum absolute atomic E-state index is 0. The molecule has 0 aliphatic heterocycles. The average molecular weight is 238 g/mol. The van der Waals surface area contributed by atoms with Crippen LogP contribution >= 0.6 is 0 Å². The molecular weight excluding hydrogens is 226 g/mol. The molecule has 0 aliphatic carbocycles. The maximum Gasteiger partial charge on any atom is 3.00 e. The van der Waals surface area contributed by atoms with E-state index in [-0.39, 0.29) is 66.5 Å². The third-order valence-corrected chi connectivity index (χ3v) is 0. The van der Waals surface area contributed by atoms with Crippen molar-refractivity contribution < 1.29 is 28.2 Å². The minimum atomic E-state index is 0. The van der Waals surface area contributed by atoms with Crippen LogP contribution in [0.1, 0.15) is 0 Å². The molecule has 0 aromatic rings. The van der Waals surface area contributed by atoms with Crippen molar-refractivity contribution in [3.63, 3.8) is 0 Å². The average Bonchev–Trinajstić information content (AvgIpc) is 0. The monoisotopic (exact) mass is 237 g/mol. The molecule has 0 aromatic carbocycles. The van der Waals surface area contributed by atoms with Gasteiger partial charge in [0.05, 0.1) is 0 Å². The quantitative estimate of drug-likeness (QED) is 0.275. The molecule has 10 heteroatoms. The minimum absolute atomic E-state index is 0. The van der Waals surface area contributed by atoms with E-state index < -0.39 is 0 Å². The van der Waals surface area contributed by atoms with Crippen molar-refractivity contribution in [1.82, 2.24) is 18.5 Å². The van der Waals surface area contributed by atoms with Crippen LogP contribution < -0.4 is 46.7 Å². The smallest absolute Gasteiger partial charge is 1.00 e. The molecule has 72 valence electrons. The summed E-state index contributed by atoms with van der Waals surface area (Å²) in [6.45, 7) is 0. The van der Waals surface area contributed by atoms with Gasteiger partial charge in [0.1, 0.15) is 0 Å². The first kappa shape index (κ1) is 90000. The molecule has 0 amide bonds. The molecule has 0 rings (SSSR count). The molecular formula is H12F6GaN3. The summed E-state index contributed by atoms with van der Waals surface area (Å²) in [7, 11) is 0. The summed E-state index contributed by atoms with van der Waals surface area (Å²) in [6.07, 6.45) is 0. The third-order valence-electron chi connectivity index (χ3n) is 0. The molecule has 0 bridgehead atoms. The number of rotatable bonds is 0. The Hall–Kier alpha value is 0.0964. The molecule has 0 heterocycles. The number of halogens is 6. The Bertz CT molecular complexity index is 13.0. The van der Waals surface area contributed by atoms with Gasteiger partial charge in [0.15, 0.2) is 0 Å². The van der Waals surface area contributed by atoms with Gasteiger partial charge in [-0.3, -0.25) is 0 Å². The Balaban J connectivity index is 0. The zero-order valence-electron chi connectivity index (χ0n) is 5.85. The molecule has 0 aromatic heterocycles. The van der Waals surface area contributed by atoms with Gasteiger partial charge < -0.3 is 46.7 Å². The summed E-state index contributed by atoms with van der Waals surface area (Å²) in [5.74, 6) is 0. The van der Waals surface area contributed by atoms with Crippen molar-refractivity contribution in [3.8, 4) is 0 Å². The number of hydrogen-bond acceptors (Lipinski definition) is 0. The van der Waals surface area contributed by atoms with Crippen LogP contribution in [0.2, 0.25) is 0 Å². The van der Waals surface area contributed by atoms with E-state index in [9.17, 15) is 0 Å². The number of quaternary nitrogens is 3. The van der Waals surface area contributed by atoms with Gasteiger partial charge in [-0.05, 0) is 0 Å². The standard InChI is InChI=1S/6FH.Ga.3H3N/h6*1H;;3*1H3/q;;;;;;+3;;;/p-3. The van der Waals surface area contributed by atoms with Crippen LogP contribution in [0, 0.1) is 0 Å². The molecule has 0 radical (unpaired) electrons. The fraction of sp³-hybridized carbons (Fsp3) is 0. The molecule has 3 nitrogen and oxygen atoms in total. The summed E-state index contributed by atoms with van der Waals surface area (Å²) in [5.41, 5.74) is 0. The predicted molar refractivity (Wildman–Crippen MR) is 23.7 cm³/mol. The first-order chi connectivity index (χ1) is 0. The zero-order valence-corrected chi connectivity index (χ0v) is 8.27. The third kappa shape index (κ3) is 43900. The van der Waals surface area contributed by atoms with Gasteiger partial charge >= 0.3 is 19.8 Å². The predicted octanol–water partition coefficient (Wildman–Crippen LogP) is -17.2. The second kappa shape index (κ2) is 64200. The Morgan fingerprint density at radius 1 is 0.300 bits per heavy atom. The summed E-state index contributed by atoms with van der Waals surface area (Å²) in [5, 5.41) is 0. The van der Waals surface area contributed by atoms with Gasteiger partial charge in [0, 0.05) is 0 Å². The molecule has 0 saturated heterocycles. The van der Waals surface area contributed by atoms with E-state index in [1.54, 1.807) is 0 Å². The summed E-state index contributed by atoms with van der Waals surface area (Å²) < 4.78 is 0. The topological polar surface area (TPSA) is 110 Å². The molecule has 10 heavy (non-hydrogen) atoms. The largest absolute Gasteiger partial charge is 3.00 e. The molecule has 0 saturated carbocycles. The van der Waals surface area contributed by atoms with Gasteiger partial charge in [0.25, 0.3) is 0 Å².